The summed E-state index contributed by atoms with van der Waals surface area (Å²) in [5.74, 6) is 0.154. The van der Waals surface area contributed by atoms with Gasteiger partial charge in [0.1, 0.15) is 0 Å². The van der Waals surface area contributed by atoms with E-state index in [-0.39, 0.29) is 17.9 Å². The third-order valence-electron chi connectivity index (χ3n) is 5.34. The van der Waals surface area contributed by atoms with Crippen molar-refractivity contribution in [1.82, 2.24) is 14.6 Å². The number of amides is 1. The number of hydrogen-bond donors (Lipinski definition) is 1. The molecule has 3 heterocycles. The molecule has 8 heteroatoms. The van der Waals surface area contributed by atoms with E-state index < -0.39 is 15.3 Å². The van der Waals surface area contributed by atoms with Crippen LogP contribution in [0.15, 0.2) is 18.5 Å². The molecule has 1 aromatic heterocycles. The molecule has 2 saturated heterocycles. The van der Waals surface area contributed by atoms with Gasteiger partial charge in [0.05, 0.1) is 10.8 Å². The summed E-state index contributed by atoms with van der Waals surface area (Å²) in [5.41, 5.74) is 1.53. The number of aromatic nitrogens is 1. The van der Waals surface area contributed by atoms with Crippen LogP contribution in [0.5, 0.6) is 0 Å². The highest BCUT2D eigenvalue weighted by molar-refractivity contribution is 7.89. The lowest BCUT2D eigenvalue weighted by molar-refractivity contribution is 0.0696. The first-order valence-electron chi connectivity index (χ1n) is 9.67. The van der Waals surface area contributed by atoms with Crippen molar-refractivity contribution in [3.63, 3.8) is 0 Å². The number of rotatable bonds is 6. The first kappa shape index (κ1) is 20.2. The standard InChI is InChI=1S/C19H29N3O4S/c1-14(2)27(24,25)22-6-3-15(13-22)9-16-10-17(12-20-11-16)19(23)21-18-4-7-26-8-5-18/h10-12,14-15,18H,3-9,13H2,1-2H3,(H,21,23). The van der Waals surface area contributed by atoms with Gasteiger partial charge >= 0.3 is 0 Å². The molecular weight excluding hydrogens is 366 g/mol. The Morgan fingerprint density at radius 2 is 2.04 bits per heavy atom. The molecule has 1 unspecified atom stereocenters. The Bertz CT molecular complexity index is 760. The predicted octanol–water partition coefficient (Wildman–Crippen LogP) is 1.59. The van der Waals surface area contributed by atoms with Crippen molar-refractivity contribution in [2.45, 2.75) is 50.8 Å². The van der Waals surface area contributed by atoms with E-state index in [2.05, 4.69) is 10.3 Å². The Morgan fingerprint density at radius 3 is 2.74 bits per heavy atom. The van der Waals surface area contributed by atoms with Gasteiger partial charge in [-0.25, -0.2) is 12.7 Å². The monoisotopic (exact) mass is 395 g/mol. The molecule has 7 nitrogen and oxygen atoms in total. The zero-order valence-corrected chi connectivity index (χ0v) is 16.9. The lowest BCUT2D eigenvalue weighted by Gasteiger charge is -2.23. The fourth-order valence-corrected chi connectivity index (χ4v) is 5.04. The van der Waals surface area contributed by atoms with Crippen LogP contribution in [-0.2, 0) is 21.2 Å². The van der Waals surface area contributed by atoms with Gasteiger partial charge in [-0.15, -0.1) is 0 Å². The SMILES string of the molecule is CC(C)S(=O)(=O)N1CCC(Cc2cncc(C(=O)NC3CCOCC3)c2)C1. The van der Waals surface area contributed by atoms with Crippen molar-refractivity contribution < 1.29 is 17.9 Å². The highest BCUT2D eigenvalue weighted by Gasteiger charge is 2.33. The number of pyridine rings is 1. The maximum Gasteiger partial charge on any atom is 0.253 e. The molecule has 3 rings (SSSR count). The molecule has 0 aromatic carbocycles. The number of carbonyl (C=O) groups is 1. The molecular formula is C19H29N3O4S. The molecule has 1 atom stereocenters. The lowest BCUT2D eigenvalue weighted by Crippen LogP contribution is -2.39. The Kier molecular flexibility index (Phi) is 6.49. The van der Waals surface area contributed by atoms with E-state index in [9.17, 15) is 13.2 Å². The number of ether oxygens (including phenoxy) is 1. The van der Waals surface area contributed by atoms with Gasteiger partial charge in [-0.3, -0.25) is 9.78 Å². The maximum atomic E-state index is 12.5. The molecule has 0 aliphatic carbocycles. The molecule has 0 spiro atoms. The number of hydrogen-bond acceptors (Lipinski definition) is 5. The summed E-state index contributed by atoms with van der Waals surface area (Å²) < 4.78 is 31.5. The van der Waals surface area contributed by atoms with Crippen molar-refractivity contribution in [1.29, 1.82) is 0 Å². The lowest BCUT2D eigenvalue weighted by atomic mass is 9.99. The van der Waals surface area contributed by atoms with Crippen LogP contribution >= 0.6 is 0 Å². The molecule has 0 saturated carbocycles. The van der Waals surface area contributed by atoms with Gasteiger partial charge in [-0.2, -0.15) is 0 Å². The molecule has 1 aromatic rings. The molecule has 27 heavy (non-hydrogen) atoms. The van der Waals surface area contributed by atoms with Crippen molar-refractivity contribution in [2.75, 3.05) is 26.3 Å². The molecule has 1 N–H and O–H groups in total. The summed E-state index contributed by atoms with van der Waals surface area (Å²) in [7, 11) is -3.20. The quantitative estimate of drug-likeness (QED) is 0.790. The maximum absolute atomic E-state index is 12.5. The molecule has 0 radical (unpaired) electrons. The smallest absolute Gasteiger partial charge is 0.253 e. The third-order valence-corrected chi connectivity index (χ3v) is 7.59. The molecule has 0 bridgehead atoms. The van der Waals surface area contributed by atoms with E-state index in [4.69, 9.17) is 4.74 Å². The predicted molar refractivity (Wildman–Crippen MR) is 103 cm³/mol. The van der Waals surface area contributed by atoms with Crippen LogP contribution in [0.4, 0.5) is 0 Å². The van der Waals surface area contributed by atoms with E-state index in [0.717, 1.165) is 31.2 Å². The minimum absolute atomic E-state index is 0.105. The van der Waals surface area contributed by atoms with Crippen molar-refractivity contribution in [3.05, 3.63) is 29.6 Å². The second-order valence-electron chi connectivity index (χ2n) is 7.75. The number of nitrogens with zero attached hydrogens (tertiary/aromatic N) is 2. The van der Waals surface area contributed by atoms with Gasteiger partial charge in [-0.1, -0.05) is 0 Å². The molecule has 150 valence electrons. The van der Waals surface area contributed by atoms with Crippen LogP contribution in [0.3, 0.4) is 0 Å². The second kappa shape index (κ2) is 8.67. The molecule has 2 fully saturated rings. The number of sulfonamides is 1. The fourth-order valence-electron chi connectivity index (χ4n) is 3.66. The fraction of sp³-hybridized carbons (Fsp3) is 0.684. The van der Waals surface area contributed by atoms with Crippen molar-refractivity contribution >= 4 is 15.9 Å². The Balaban J connectivity index is 1.59. The third kappa shape index (κ3) is 5.06. The van der Waals surface area contributed by atoms with E-state index in [0.29, 0.717) is 31.9 Å². The minimum Gasteiger partial charge on any atom is -0.381 e. The Hall–Kier alpha value is -1.51. The second-order valence-corrected chi connectivity index (χ2v) is 10.2. The Morgan fingerprint density at radius 1 is 1.30 bits per heavy atom. The van der Waals surface area contributed by atoms with E-state index >= 15 is 0 Å². The van der Waals surface area contributed by atoms with E-state index in [1.165, 1.54) is 0 Å². The molecule has 2 aliphatic rings. The van der Waals surface area contributed by atoms with Crippen molar-refractivity contribution in [3.8, 4) is 0 Å². The van der Waals surface area contributed by atoms with Crippen LogP contribution in [0, 0.1) is 5.92 Å². The number of carbonyl (C=O) groups excluding carboxylic acids is 1. The average molecular weight is 396 g/mol. The van der Waals surface area contributed by atoms with Crippen LogP contribution in [-0.4, -0.2) is 61.2 Å². The van der Waals surface area contributed by atoms with Gasteiger partial charge in [0.15, 0.2) is 0 Å². The largest absolute Gasteiger partial charge is 0.381 e. The summed E-state index contributed by atoms with van der Waals surface area (Å²) in [6.45, 7) is 5.91. The van der Waals surface area contributed by atoms with Crippen LogP contribution in [0.1, 0.15) is 49.0 Å². The number of nitrogens with one attached hydrogen (secondary N) is 1. The summed E-state index contributed by atoms with van der Waals surface area (Å²) in [6, 6.07) is 2.03. The summed E-state index contributed by atoms with van der Waals surface area (Å²) in [4.78, 5) is 16.7. The molecule has 1 amide bonds. The normalized spacial score (nSPS) is 22.3. The summed E-state index contributed by atoms with van der Waals surface area (Å²) in [6.07, 6.45) is 6.59. The summed E-state index contributed by atoms with van der Waals surface area (Å²) >= 11 is 0. The van der Waals surface area contributed by atoms with Crippen LogP contribution in [0.2, 0.25) is 0 Å². The average Bonchev–Trinajstić information content (AvgIpc) is 3.12. The highest BCUT2D eigenvalue weighted by atomic mass is 32.2. The van der Waals surface area contributed by atoms with Gasteiger partial charge < -0.3 is 10.1 Å². The van der Waals surface area contributed by atoms with Gasteiger partial charge in [0.25, 0.3) is 5.91 Å². The Labute approximate surface area is 161 Å². The molecule has 2 aliphatic heterocycles. The van der Waals surface area contributed by atoms with Crippen LogP contribution in [0.25, 0.3) is 0 Å². The minimum atomic E-state index is -3.20. The first-order chi connectivity index (χ1) is 12.9. The topological polar surface area (TPSA) is 88.6 Å². The zero-order chi connectivity index (χ0) is 19.4. The van der Waals surface area contributed by atoms with Gasteiger partial charge in [0.2, 0.25) is 10.0 Å². The van der Waals surface area contributed by atoms with Gasteiger partial charge in [-0.05, 0) is 57.1 Å². The van der Waals surface area contributed by atoms with Gasteiger partial charge in [0, 0.05) is 44.7 Å². The van der Waals surface area contributed by atoms with E-state index in [1.54, 1.807) is 30.5 Å². The van der Waals surface area contributed by atoms with Crippen LogP contribution < -0.4 is 5.32 Å². The highest BCUT2D eigenvalue weighted by Crippen LogP contribution is 2.25. The summed E-state index contributed by atoms with van der Waals surface area (Å²) in [5, 5.41) is 2.66. The van der Waals surface area contributed by atoms with E-state index in [1.807, 2.05) is 6.07 Å². The van der Waals surface area contributed by atoms with Crippen molar-refractivity contribution in [2.24, 2.45) is 5.92 Å². The first-order valence-corrected chi connectivity index (χ1v) is 11.2. The zero-order valence-electron chi connectivity index (χ0n) is 16.1.